The van der Waals surface area contributed by atoms with Gasteiger partial charge in [0.2, 0.25) is 17.4 Å². The van der Waals surface area contributed by atoms with Gasteiger partial charge in [-0.25, -0.2) is 17.2 Å². The molecule has 37 heavy (non-hydrogen) atoms. The summed E-state index contributed by atoms with van der Waals surface area (Å²) in [5.41, 5.74) is 0. The average Bonchev–Trinajstić information content (AvgIpc) is 2.77. The summed E-state index contributed by atoms with van der Waals surface area (Å²) in [6.45, 7) is 0. The first-order chi connectivity index (χ1) is 16.9. The van der Waals surface area contributed by atoms with Crippen LogP contribution in [-0.4, -0.2) is 29.8 Å². The topological polar surface area (TPSA) is 144 Å². The minimum absolute atomic E-state index is 0.164. The Hall–Kier alpha value is -1.02. The number of benzene rings is 3. The van der Waals surface area contributed by atoms with E-state index in [0.29, 0.717) is 22.8 Å². The van der Waals surface area contributed by atoms with Gasteiger partial charge in [0.15, 0.2) is 11.6 Å². The summed E-state index contributed by atoms with van der Waals surface area (Å²) in [6.07, 6.45) is 0. The second-order valence-electron chi connectivity index (χ2n) is 6.61. The fourth-order valence-electron chi connectivity index (χ4n) is 2.59. The van der Waals surface area contributed by atoms with Gasteiger partial charge in [-0.1, -0.05) is 0 Å². The van der Waals surface area contributed by atoms with Crippen LogP contribution in [0.1, 0.15) is 0 Å². The zero-order chi connectivity index (χ0) is 28.1. The van der Waals surface area contributed by atoms with E-state index in [1.807, 2.05) is 45.2 Å². The second-order valence-corrected chi connectivity index (χ2v) is 14.5. The number of rotatable bonds is 7. The molecule has 0 aliphatic carbocycles. The van der Waals surface area contributed by atoms with E-state index < -0.39 is 69.2 Å². The minimum atomic E-state index is -6.02. The molecule has 3 rings (SSSR count). The Morgan fingerprint density at radius 1 is 0.703 bits per heavy atom. The minimum Gasteiger partial charge on any atom is -0.744 e. The monoisotopic (exact) mass is 919 g/mol. The molecule has 3 aromatic rings. The maximum Gasteiger partial charge on any atom is 0.340 e. The van der Waals surface area contributed by atoms with Gasteiger partial charge in [0.25, 0.3) is 0 Å². The third-order valence-corrected chi connectivity index (χ3v) is 11.6. The summed E-state index contributed by atoms with van der Waals surface area (Å²) in [7, 11) is -15.6. The van der Waals surface area contributed by atoms with Crippen molar-refractivity contribution in [3.05, 3.63) is 70.4 Å². The smallest absolute Gasteiger partial charge is 0.340 e. The van der Waals surface area contributed by atoms with Crippen molar-refractivity contribution in [2.24, 2.45) is 0 Å². The Morgan fingerprint density at radius 3 is 1.70 bits per heavy atom. The first-order valence-electron chi connectivity index (χ1n) is 8.82. The molecular weight excluding hydrogens is 913 g/mol. The molecule has 0 spiro atoms. The SMILES string of the molecule is O=S(=O)([O-])c1c(F)c(F)c(OS(=O)(=O)c2ccc(OS(=O)(=O)c3cc(I)cc(I)c3I)cc2)c(F)c1F. The summed E-state index contributed by atoms with van der Waals surface area (Å²) in [6, 6.07) is 6.15. The van der Waals surface area contributed by atoms with Crippen molar-refractivity contribution in [3.8, 4) is 11.5 Å². The molecule has 0 atom stereocenters. The lowest BCUT2D eigenvalue weighted by molar-refractivity contribution is 0.363. The van der Waals surface area contributed by atoms with Crippen molar-refractivity contribution in [2.75, 3.05) is 0 Å². The summed E-state index contributed by atoms with van der Waals surface area (Å²) >= 11 is 5.63. The van der Waals surface area contributed by atoms with E-state index in [0.717, 1.165) is 12.1 Å². The van der Waals surface area contributed by atoms with Gasteiger partial charge >= 0.3 is 20.2 Å². The molecular formula is C18H6F4I3O9S3-. The van der Waals surface area contributed by atoms with Crippen LogP contribution in [-0.2, 0) is 30.4 Å². The predicted molar refractivity (Wildman–Crippen MR) is 141 cm³/mol. The fraction of sp³-hybridized carbons (Fsp3) is 0. The summed E-state index contributed by atoms with van der Waals surface area (Å²) in [5, 5.41) is 0. The number of halogens is 7. The highest BCUT2D eigenvalue weighted by Crippen LogP contribution is 2.34. The number of hydrogen-bond donors (Lipinski definition) is 0. The highest BCUT2D eigenvalue weighted by atomic mass is 127. The van der Waals surface area contributed by atoms with Crippen molar-refractivity contribution < 1.29 is 55.7 Å². The van der Waals surface area contributed by atoms with Gasteiger partial charge in [0, 0.05) is 10.7 Å². The van der Waals surface area contributed by atoms with Crippen LogP contribution in [0.5, 0.6) is 11.5 Å². The molecule has 0 aromatic heterocycles. The Balaban J connectivity index is 1.94. The molecule has 9 nitrogen and oxygen atoms in total. The summed E-state index contributed by atoms with van der Waals surface area (Å²) in [5.74, 6) is -13.1. The van der Waals surface area contributed by atoms with E-state index in [-0.39, 0.29) is 10.6 Å². The third kappa shape index (κ3) is 6.42. The van der Waals surface area contributed by atoms with Crippen molar-refractivity contribution in [1.29, 1.82) is 0 Å². The molecule has 0 saturated heterocycles. The van der Waals surface area contributed by atoms with Gasteiger partial charge in [0.1, 0.15) is 30.6 Å². The maximum atomic E-state index is 14.1. The molecule has 0 aliphatic rings. The van der Waals surface area contributed by atoms with Crippen LogP contribution in [0.3, 0.4) is 0 Å². The van der Waals surface area contributed by atoms with Gasteiger partial charge < -0.3 is 12.9 Å². The molecule has 200 valence electrons. The highest BCUT2D eigenvalue weighted by molar-refractivity contribution is 14.1. The Kier molecular flexibility index (Phi) is 8.96. The molecule has 0 unspecified atom stereocenters. The van der Waals surface area contributed by atoms with Gasteiger partial charge in [-0.3, -0.25) is 0 Å². The van der Waals surface area contributed by atoms with Crippen molar-refractivity contribution in [2.45, 2.75) is 14.7 Å². The molecule has 0 aliphatic heterocycles. The van der Waals surface area contributed by atoms with Crippen LogP contribution in [0.4, 0.5) is 17.6 Å². The lowest BCUT2D eigenvalue weighted by Gasteiger charge is -2.14. The molecule has 0 amide bonds. The van der Waals surface area contributed by atoms with Crippen LogP contribution < -0.4 is 8.37 Å². The highest BCUT2D eigenvalue weighted by Gasteiger charge is 2.33. The Morgan fingerprint density at radius 2 is 1.22 bits per heavy atom. The normalized spacial score (nSPS) is 12.4. The van der Waals surface area contributed by atoms with Crippen LogP contribution in [0.2, 0.25) is 0 Å². The molecule has 0 N–H and O–H groups in total. The zero-order valence-electron chi connectivity index (χ0n) is 17.0. The quantitative estimate of drug-likeness (QED) is 0.110. The predicted octanol–water partition coefficient (Wildman–Crippen LogP) is 4.50. The Labute approximate surface area is 248 Å². The molecule has 0 bridgehead atoms. The van der Waals surface area contributed by atoms with Gasteiger partial charge in [-0.05, 0) is 104 Å². The Bertz CT molecular complexity index is 1720. The summed E-state index contributed by atoms with van der Waals surface area (Å²) < 4.78 is 150. The molecule has 0 saturated carbocycles. The van der Waals surface area contributed by atoms with E-state index in [9.17, 15) is 47.4 Å². The number of hydrogen-bond acceptors (Lipinski definition) is 9. The lowest BCUT2D eigenvalue weighted by atomic mass is 10.3. The summed E-state index contributed by atoms with van der Waals surface area (Å²) in [4.78, 5) is -3.52. The van der Waals surface area contributed by atoms with E-state index in [4.69, 9.17) is 4.18 Å². The first kappa shape index (κ1) is 30.5. The molecule has 0 radical (unpaired) electrons. The molecule has 0 heterocycles. The van der Waals surface area contributed by atoms with Crippen molar-refractivity contribution >= 4 is 98.1 Å². The van der Waals surface area contributed by atoms with Crippen LogP contribution >= 0.6 is 67.8 Å². The van der Waals surface area contributed by atoms with Crippen LogP contribution in [0.15, 0.2) is 51.1 Å². The fourth-order valence-corrected chi connectivity index (χ4v) is 8.55. The standard InChI is InChI=1S/C18H7F4I3O9S3/c19-12-14(21)18(35(26,27)28)15(22)13(20)17(12)34-36(29,30)9-3-1-8(2-4-9)33-37(31,32)11-6-7(23)5-10(24)16(11)25/h1-6H,(H,26,27,28)/p-1. The molecule has 3 aromatic carbocycles. The average molecular weight is 919 g/mol. The van der Waals surface area contributed by atoms with E-state index in [1.54, 1.807) is 28.7 Å². The van der Waals surface area contributed by atoms with Gasteiger partial charge in [-0.15, -0.1) is 0 Å². The van der Waals surface area contributed by atoms with E-state index in [2.05, 4.69) is 4.18 Å². The van der Waals surface area contributed by atoms with Gasteiger partial charge in [-0.2, -0.15) is 25.6 Å². The molecule has 19 heteroatoms. The largest absolute Gasteiger partial charge is 0.744 e. The lowest BCUT2D eigenvalue weighted by Crippen LogP contribution is -2.16. The first-order valence-corrected chi connectivity index (χ1v) is 16.3. The molecule has 0 fully saturated rings. The van der Waals surface area contributed by atoms with Crippen LogP contribution in [0.25, 0.3) is 0 Å². The van der Waals surface area contributed by atoms with Gasteiger partial charge in [0.05, 0.1) is 0 Å². The zero-order valence-corrected chi connectivity index (χ0v) is 25.9. The maximum absolute atomic E-state index is 14.1. The van der Waals surface area contributed by atoms with E-state index in [1.165, 1.54) is 6.07 Å². The third-order valence-electron chi connectivity index (χ3n) is 4.17. The van der Waals surface area contributed by atoms with E-state index >= 15 is 0 Å². The van der Waals surface area contributed by atoms with Crippen molar-refractivity contribution in [3.63, 3.8) is 0 Å². The van der Waals surface area contributed by atoms with Crippen LogP contribution in [0, 0.1) is 34.0 Å². The second kappa shape index (κ2) is 10.9. The van der Waals surface area contributed by atoms with Crippen molar-refractivity contribution in [1.82, 2.24) is 0 Å².